The zero-order chi connectivity index (χ0) is 21.5. The molecule has 1 amide bonds. The monoisotopic (exact) mass is 429 g/mol. The van der Waals surface area contributed by atoms with E-state index in [0.29, 0.717) is 22.3 Å². The van der Waals surface area contributed by atoms with E-state index in [1.54, 1.807) is 36.4 Å². The lowest BCUT2D eigenvalue weighted by Gasteiger charge is -2.05. The second-order valence-electron chi connectivity index (χ2n) is 5.86. The Balaban J connectivity index is 1.55. The Morgan fingerprint density at radius 3 is 2.77 bits per heavy atom. The molecule has 0 aliphatic heterocycles. The maximum atomic E-state index is 11.8. The predicted molar refractivity (Wildman–Crippen MR) is 110 cm³/mol. The molecule has 0 fully saturated rings. The third kappa shape index (κ3) is 5.15. The minimum absolute atomic E-state index is 0.00421. The average Bonchev–Trinajstić information content (AvgIpc) is 3.21. The van der Waals surface area contributed by atoms with Gasteiger partial charge in [-0.25, -0.2) is 5.43 Å². The minimum atomic E-state index is -0.587. The number of nitrogens with one attached hydrogen (secondary N) is 1. The Morgan fingerprint density at radius 1 is 1.23 bits per heavy atom. The van der Waals surface area contributed by atoms with Crippen LogP contribution in [0.15, 0.2) is 64.1 Å². The lowest BCUT2D eigenvalue weighted by Crippen LogP contribution is -2.24. The van der Waals surface area contributed by atoms with Crippen molar-refractivity contribution < 1.29 is 23.6 Å². The highest BCUT2D eigenvalue weighted by Gasteiger charge is 2.14. The molecule has 0 aliphatic rings. The van der Waals surface area contributed by atoms with Gasteiger partial charge in [-0.05, 0) is 36.4 Å². The number of carbonyl (C=O) groups excluding carboxylic acids is 1. The second-order valence-corrected chi connectivity index (χ2v) is 6.27. The summed E-state index contributed by atoms with van der Waals surface area (Å²) in [7, 11) is 1.53. The van der Waals surface area contributed by atoms with Crippen molar-refractivity contribution in [1.82, 2.24) is 5.43 Å². The Hall–Kier alpha value is -3.85. The molecule has 0 radical (unpaired) electrons. The summed E-state index contributed by atoms with van der Waals surface area (Å²) >= 11 is 6.12. The Kier molecular flexibility index (Phi) is 6.66. The first-order chi connectivity index (χ1) is 14.5. The number of furan rings is 1. The first-order valence-electron chi connectivity index (χ1n) is 8.60. The number of rotatable bonds is 8. The molecule has 3 rings (SSSR count). The molecule has 9 nitrogen and oxygen atoms in total. The zero-order valence-electron chi connectivity index (χ0n) is 15.7. The van der Waals surface area contributed by atoms with Crippen molar-refractivity contribution in [2.45, 2.75) is 0 Å². The molecule has 3 aromatic rings. The van der Waals surface area contributed by atoms with E-state index >= 15 is 0 Å². The highest BCUT2D eigenvalue weighted by Crippen LogP contribution is 2.31. The summed E-state index contributed by atoms with van der Waals surface area (Å²) in [6, 6.07) is 14.4. The van der Waals surface area contributed by atoms with Gasteiger partial charge in [-0.1, -0.05) is 23.7 Å². The number of nitrogens with zero attached hydrogens (tertiary/aromatic N) is 2. The number of halogens is 1. The fourth-order valence-corrected chi connectivity index (χ4v) is 2.73. The number of nitro groups is 1. The van der Waals surface area contributed by atoms with E-state index in [2.05, 4.69) is 10.5 Å². The molecule has 0 spiro atoms. The van der Waals surface area contributed by atoms with E-state index in [0.717, 1.165) is 5.56 Å². The molecule has 1 N–H and O–H groups in total. The standard InChI is InChI=1S/C20H16ClN3O6/c1-28-18-8-6-13(10-15(18)21)17-9-7-14(30-17)11-22-23-20(25)12-29-19-5-3-2-4-16(19)24(26)27/h2-11H,12H2,1H3,(H,23,25)/b22-11+. The third-order valence-electron chi connectivity index (χ3n) is 3.86. The molecule has 0 unspecified atom stereocenters. The summed E-state index contributed by atoms with van der Waals surface area (Å²) in [6.45, 7) is -0.435. The van der Waals surface area contributed by atoms with E-state index in [-0.39, 0.29) is 11.4 Å². The topological polar surface area (TPSA) is 116 Å². The molecule has 2 aromatic carbocycles. The van der Waals surface area contributed by atoms with Gasteiger partial charge >= 0.3 is 5.69 Å². The molecule has 0 bridgehead atoms. The van der Waals surface area contributed by atoms with Gasteiger partial charge < -0.3 is 13.9 Å². The molecule has 10 heteroatoms. The maximum Gasteiger partial charge on any atom is 0.310 e. The molecular weight excluding hydrogens is 414 g/mol. The van der Waals surface area contributed by atoms with Crippen molar-refractivity contribution in [3.05, 3.63) is 75.5 Å². The zero-order valence-corrected chi connectivity index (χ0v) is 16.5. The fourth-order valence-electron chi connectivity index (χ4n) is 2.47. The van der Waals surface area contributed by atoms with Gasteiger partial charge in [0, 0.05) is 11.6 Å². The van der Waals surface area contributed by atoms with Crippen LogP contribution in [0.4, 0.5) is 5.69 Å². The largest absolute Gasteiger partial charge is 0.495 e. The van der Waals surface area contributed by atoms with Crippen molar-refractivity contribution in [3.8, 4) is 22.8 Å². The lowest BCUT2D eigenvalue weighted by molar-refractivity contribution is -0.385. The Labute approximate surface area is 176 Å². The lowest BCUT2D eigenvalue weighted by atomic mass is 10.2. The van der Waals surface area contributed by atoms with Crippen LogP contribution in [-0.2, 0) is 4.79 Å². The van der Waals surface area contributed by atoms with Crippen molar-refractivity contribution in [2.24, 2.45) is 5.10 Å². The van der Waals surface area contributed by atoms with Gasteiger partial charge in [0.25, 0.3) is 5.91 Å². The van der Waals surface area contributed by atoms with Crippen LogP contribution >= 0.6 is 11.6 Å². The predicted octanol–water partition coefficient (Wildman–Crippen LogP) is 4.05. The molecule has 0 atom stereocenters. The van der Waals surface area contributed by atoms with Gasteiger partial charge in [-0.2, -0.15) is 5.10 Å². The van der Waals surface area contributed by atoms with E-state index < -0.39 is 17.4 Å². The van der Waals surface area contributed by atoms with Crippen molar-refractivity contribution in [1.29, 1.82) is 0 Å². The summed E-state index contributed by atoms with van der Waals surface area (Å²) in [6.07, 6.45) is 1.32. The number of methoxy groups -OCH3 is 1. The van der Waals surface area contributed by atoms with E-state index in [4.69, 9.17) is 25.5 Å². The van der Waals surface area contributed by atoms with Crippen LogP contribution in [0.25, 0.3) is 11.3 Å². The Bertz CT molecular complexity index is 1100. The summed E-state index contributed by atoms with van der Waals surface area (Å²) in [5, 5.41) is 15.2. The van der Waals surface area contributed by atoms with Crippen molar-refractivity contribution in [3.63, 3.8) is 0 Å². The van der Waals surface area contributed by atoms with Crippen LogP contribution in [0.3, 0.4) is 0 Å². The average molecular weight is 430 g/mol. The van der Waals surface area contributed by atoms with Gasteiger partial charge in [0.15, 0.2) is 12.4 Å². The number of carbonyl (C=O) groups is 1. The molecule has 154 valence electrons. The van der Waals surface area contributed by atoms with Crippen LogP contribution in [0.1, 0.15) is 5.76 Å². The number of nitro benzene ring substituents is 1. The number of hydrogen-bond acceptors (Lipinski definition) is 7. The number of amides is 1. The van der Waals surface area contributed by atoms with Gasteiger partial charge in [-0.3, -0.25) is 14.9 Å². The maximum absolute atomic E-state index is 11.8. The smallest absolute Gasteiger partial charge is 0.310 e. The van der Waals surface area contributed by atoms with E-state index in [1.807, 2.05) is 0 Å². The molecule has 1 aromatic heterocycles. The number of benzene rings is 2. The molecule has 0 aliphatic carbocycles. The summed E-state index contributed by atoms with van der Waals surface area (Å²) in [5.74, 6) is 0.928. The molecule has 0 saturated carbocycles. The molecule has 0 saturated heterocycles. The van der Waals surface area contributed by atoms with Gasteiger partial charge in [0.2, 0.25) is 0 Å². The SMILES string of the molecule is COc1ccc(-c2ccc(/C=N/NC(=O)COc3ccccc3[N+](=O)[O-])o2)cc1Cl. The summed E-state index contributed by atoms with van der Waals surface area (Å²) < 4.78 is 15.9. The van der Waals surface area contributed by atoms with Crippen molar-refractivity contribution in [2.75, 3.05) is 13.7 Å². The number of ether oxygens (including phenoxy) is 2. The van der Waals surface area contributed by atoms with E-state index in [1.165, 1.54) is 31.5 Å². The Morgan fingerprint density at radius 2 is 2.03 bits per heavy atom. The second kappa shape index (κ2) is 9.57. The fraction of sp³-hybridized carbons (Fsp3) is 0.100. The quantitative estimate of drug-likeness (QED) is 0.328. The van der Waals surface area contributed by atoms with Gasteiger partial charge in [-0.15, -0.1) is 0 Å². The number of para-hydroxylation sites is 2. The van der Waals surface area contributed by atoms with Gasteiger partial charge in [0.1, 0.15) is 17.3 Å². The van der Waals surface area contributed by atoms with Crippen LogP contribution < -0.4 is 14.9 Å². The van der Waals surface area contributed by atoms with E-state index in [9.17, 15) is 14.9 Å². The van der Waals surface area contributed by atoms with Crippen molar-refractivity contribution >= 4 is 29.4 Å². The number of hydrazone groups is 1. The molecular formula is C20H16ClN3O6. The number of hydrogen-bond donors (Lipinski definition) is 1. The van der Waals surface area contributed by atoms with Crippen LogP contribution in [0, 0.1) is 10.1 Å². The normalized spacial score (nSPS) is 10.7. The third-order valence-corrected chi connectivity index (χ3v) is 4.16. The van der Waals surface area contributed by atoms with Gasteiger partial charge in [0.05, 0.1) is 23.3 Å². The van der Waals surface area contributed by atoms with Crippen LogP contribution in [0.2, 0.25) is 5.02 Å². The molecule has 1 heterocycles. The first-order valence-corrected chi connectivity index (χ1v) is 8.97. The van der Waals surface area contributed by atoms with Crippen LogP contribution in [-0.4, -0.2) is 30.8 Å². The highest BCUT2D eigenvalue weighted by atomic mass is 35.5. The highest BCUT2D eigenvalue weighted by molar-refractivity contribution is 6.32. The molecule has 30 heavy (non-hydrogen) atoms. The first kappa shape index (κ1) is 20.9. The minimum Gasteiger partial charge on any atom is -0.495 e. The summed E-state index contributed by atoms with van der Waals surface area (Å²) in [5.41, 5.74) is 2.79. The van der Waals surface area contributed by atoms with Crippen LogP contribution in [0.5, 0.6) is 11.5 Å². The summed E-state index contributed by atoms with van der Waals surface area (Å²) in [4.78, 5) is 22.2.